The number of fused-ring (bicyclic) bond motifs is 7. The zero-order valence-electron chi connectivity index (χ0n) is 26.9. The van der Waals surface area contributed by atoms with E-state index in [9.17, 15) is 0 Å². The van der Waals surface area contributed by atoms with E-state index in [0.29, 0.717) is 17.5 Å². The highest BCUT2D eigenvalue weighted by molar-refractivity contribution is 6.21. The van der Waals surface area contributed by atoms with Crippen LogP contribution in [0.2, 0.25) is 0 Å². The quantitative estimate of drug-likeness (QED) is 0.188. The number of rotatable bonds is 5. The van der Waals surface area contributed by atoms with Crippen molar-refractivity contribution in [1.29, 1.82) is 0 Å². The maximum Gasteiger partial charge on any atom is 0.164 e. The van der Waals surface area contributed by atoms with Crippen LogP contribution in [0.1, 0.15) is 0 Å². The van der Waals surface area contributed by atoms with E-state index in [1.54, 1.807) is 0 Å². The molecule has 0 bridgehead atoms. The second kappa shape index (κ2) is 11.4. The molecule has 0 aliphatic carbocycles. The SMILES string of the molecule is c1ccc(-c2ccc(-n3c4ccccc4c4ccc5c6cc(-c7nc(-c8ccccc8)nc(-c8ccccc8)n7)ccc6oc5c43)cc2)cc1. The van der Waals surface area contributed by atoms with Gasteiger partial charge in [-0.05, 0) is 53.6 Å². The number of furan rings is 1. The van der Waals surface area contributed by atoms with Gasteiger partial charge in [-0.2, -0.15) is 0 Å². The van der Waals surface area contributed by atoms with Crippen LogP contribution < -0.4 is 0 Å². The van der Waals surface area contributed by atoms with Crippen LogP contribution in [-0.4, -0.2) is 19.5 Å². The van der Waals surface area contributed by atoms with E-state index in [2.05, 4.69) is 95.6 Å². The molecule has 5 nitrogen and oxygen atoms in total. The summed E-state index contributed by atoms with van der Waals surface area (Å²) in [7, 11) is 0. The Morgan fingerprint density at radius 2 is 0.900 bits per heavy atom. The predicted octanol–water partition coefficient (Wildman–Crippen LogP) is 11.5. The molecular formula is C45H28N4O. The van der Waals surface area contributed by atoms with Crippen molar-refractivity contribution in [3.8, 4) is 51.0 Å². The summed E-state index contributed by atoms with van der Waals surface area (Å²) in [4.78, 5) is 14.8. The molecule has 0 spiro atoms. The van der Waals surface area contributed by atoms with Gasteiger partial charge in [-0.3, -0.25) is 0 Å². The van der Waals surface area contributed by atoms with E-state index in [1.807, 2.05) is 78.9 Å². The topological polar surface area (TPSA) is 56.7 Å². The van der Waals surface area contributed by atoms with Crippen LogP contribution in [-0.2, 0) is 0 Å². The molecule has 234 valence electrons. The summed E-state index contributed by atoms with van der Waals surface area (Å²) in [5.74, 6) is 1.88. The van der Waals surface area contributed by atoms with Gasteiger partial charge in [0.15, 0.2) is 23.1 Å². The molecule has 0 amide bonds. The van der Waals surface area contributed by atoms with Crippen molar-refractivity contribution >= 4 is 43.7 Å². The third-order valence-corrected chi connectivity index (χ3v) is 9.46. The molecule has 7 aromatic carbocycles. The zero-order valence-corrected chi connectivity index (χ0v) is 26.9. The highest BCUT2D eigenvalue weighted by Crippen LogP contribution is 2.41. The highest BCUT2D eigenvalue weighted by atomic mass is 16.3. The van der Waals surface area contributed by atoms with Crippen LogP contribution >= 0.6 is 0 Å². The molecule has 0 aliphatic rings. The molecule has 3 aromatic heterocycles. The summed E-state index contributed by atoms with van der Waals surface area (Å²) < 4.78 is 9.08. The first-order valence-corrected chi connectivity index (χ1v) is 16.7. The van der Waals surface area contributed by atoms with Crippen LogP contribution in [0.25, 0.3) is 94.7 Å². The fraction of sp³-hybridized carbons (Fsp3) is 0. The summed E-state index contributed by atoms with van der Waals surface area (Å²) >= 11 is 0. The number of para-hydroxylation sites is 1. The largest absolute Gasteiger partial charge is 0.454 e. The van der Waals surface area contributed by atoms with Crippen molar-refractivity contribution in [3.63, 3.8) is 0 Å². The van der Waals surface area contributed by atoms with Gasteiger partial charge in [0, 0.05) is 43.9 Å². The Morgan fingerprint density at radius 3 is 1.56 bits per heavy atom. The zero-order chi connectivity index (χ0) is 33.0. The molecule has 50 heavy (non-hydrogen) atoms. The number of hydrogen-bond acceptors (Lipinski definition) is 4. The van der Waals surface area contributed by atoms with E-state index in [4.69, 9.17) is 19.4 Å². The van der Waals surface area contributed by atoms with Gasteiger partial charge in [0.2, 0.25) is 0 Å². The van der Waals surface area contributed by atoms with Crippen molar-refractivity contribution in [2.45, 2.75) is 0 Å². The summed E-state index contributed by atoms with van der Waals surface area (Å²) in [5, 5.41) is 4.39. The van der Waals surface area contributed by atoms with Gasteiger partial charge in [0.05, 0.1) is 11.0 Å². The Kier molecular flexibility index (Phi) is 6.42. The average molecular weight is 641 g/mol. The Bertz CT molecular complexity index is 2780. The molecule has 0 saturated heterocycles. The van der Waals surface area contributed by atoms with E-state index < -0.39 is 0 Å². The summed E-state index contributed by atoms with van der Waals surface area (Å²) in [6.45, 7) is 0. The van der Waals surface area contributed by atoms with Crippen LogP contribution in [0.4, 0.5) is 0 Å². The number of nitrogens with zero attached hydrogens (tertiary/aromatic N) is 4. The lowest BCUT2D eigenvalue weighted by Gasteiger charge is -2.09. The summed E-state index contributed by atoms with van der Waals surface area (Å²) in [6.07, 6.45) is 0. The monoisotopic (exact) mass is 640 g/mol. The van der Waals surface area contributed by atoms with Gasteiger partial charge in [-0.15, -0.1) is 0 Å². The number of hydrogen-bond donors (Lipinski definition) is 0. The van der Waals surface area contributed by atoms with Gasteiger partial charge < -0.3 is 8.98 Å². The Hall–Kier alpha value is -6.85. The molecule has 0 fully saturated rings. The maximum atomic E-state index is 6.75. The second-order valence-electron chi connectivity index (χ2n) is 12.5. The smallest absolute Gasteiger partial charge is 0.164 e. The van der Waals surface area contributed by atoms with Crippen molar-refractivity contribution < 1.29 is 4.42 Å². The lowest BCUT2D eigenvalue weighted by Crippen LogP contribution is -2.00. The molecular weight excluding hydrogens is 613 g/mol. The molecule has 10 aromatic rings. The molecule has 10 rings (SSSR count). The highest BCUT2D eigenvalue weighted by Gasteiger charge is 2.20. The maximum absolute atomic E-state index is 6.75. The van der Waals surface area contributed by atoms with Crippen molar-refractivity contribution in [2.75, 3.05) is 0 Å². The molecule has 0 saturated carbocycles. The third kappa shape index (κ3) is 4.60. The van der Waals surface area contributed by atoms with Crippen LogP contribution in [0.15, 0.2) is 174 Å². The normalized spacial score (nSPS) is 11.6. The van der Waals surface area contributed by atoms with Crippen LogP contribution in [0.3, 0.4) is 0 Å². The lowest BCUT2D eigenvalue weighted by atomic mass is 10.1. The minimum absolute atomic E-state index is 0.614. The Balaban J connectivity index is 1.17. The third-order valence-electron chi connectivity index (χ3n) is 9.46. The van der Waals surface area contributed by atoms with E-state index >= 15 is 0 Å². The van der Waals surface area contributed by atoms with Gasteiger partial charge in [-0.25, -0.2) is 15.0 Å². The average Bonchev–Trinajstić information content (AvgIpc) is 3.74. The minimum Gasteiger partial charge on any atom is -0.454 e. The number of aromatic nitrogens is 4. The van der Waals surface area contributed by atoms with E-state index in [-0.39, 0.29) is 0 Å². The van der Waals surface area contributed by atoms with E-state index in [0.717, 1.165) is 60.7 Å². The lowest BCUT2D eigenvalue weighted by molar-refractivity contribution is 0.671. The van der Waals surface area contributed by atoms with Crippen molar-refractivity contribution in [1.82, 2.24) is 19.5 Å². The first-order chi connectivity index (χ1) is 24.8. The van der Waals surface area contributed by atoms with Gasteiger partial charge in [0.25, 0.3) is 0 Å². The molecule has 5 heteroatoms. The molecule has 3 heterocycles. The number of benzene rings is 7. The Labute approximate surface area is 287 Å². The standard InChI is InChI=1S/C45H28N4O/c1-4-12-29(13-5-1)30-20-23-34(24-21-30)49-39-19-11-10-18-35(39)36-25-26-37-38-28-33(22-27-40(38)50-42(37)41(36)49)45-47-43(31-14-6-2-7-15-31)46-44(48-45)32-16-8-3-9-17-32/h1-28H. The second-order valence-corrected chi connectivity index (χ2v) is 12.5. The molecule has 0 N–H and O–H groups in total. The van der Waals surface area contributed by atoms with Crippen LogP contribution in [0, 0.1) is 0 Å². The summed E-state index contributed by atoms with van der Waals surface area (Å²) in [5.41, 5.74) is 10.1. The molecule has 0 radical (unpaired) electrons. The molecule has 0 aliphatic heterocycles. The van der Waals surface area contributed by atoms with Gasteiger partial charge in [0.1, 0.15) is 5.58 Å². The predicted molar refractivity (Wildman–Crippen MR) is 203 cm³/mol. The fourth-order valence-electron chi connectivity index (χ4n) is 7.06. The summed E-state index contributed by atoms with van der Waals surface area (Å²) in [6, 6.07) is 58.6. The van der Waals surface area contributed by atoms with Crippen molar-refractivity contribution in [3.05, 3.63) is 170 Å². The van der Waals surface area contributed by atoms with Crippen LogP contribution in [0.5, 0.6) is 0 Å². The first kappa shape index (κ1) is 28.2. The minimum atomic E-state index is 0.614. The molecule has 0 atom stereocenters. The van der Waals surface area contributed by atoms with Gasteiger partial charge >= 0.3 is 0 Å². The molecule has 0 unspecified atom stereocenters. The van der Waals surface area contributed by atoms with Gasteiger partial charge in [-0.1, -0.05) is 127 Å². The Morgan fingerprint density at radius 1 is 0.380 bits per heavy atom. The van der Waals surface area contributed by atoms with Crippen molar-refractivity contribution in [2.24, 2.45) is 0 Å². The fourth-order valence-corrected chi connectivity index (χ4v) is 7.06. The first-order valence-electron chi connectivity index (χ1n) is 16.7. The van der Waals surface area contributed by atoms with E-state index in [1.165, 1.54) is 16.5 Å².